The molecule has 3 aromatic rings. The van der Waals surface area contributed by atoms with E-state index in [1.54, 1.807) is 18.2 Å². The highest BCUT2D eigenvalue weighted by molar-refractivity contribution is 6.08. The Kier molecular flexibility index (Phi) is 8.42. The zero-order valence-electron chi connectivity index (χ0n) is 19.5. The van der Waals surface area contributed by atoms with Crippen LogP contribution in [0, 0.1) is 5.82 Å². The van der Waals surface area contributed by atoms with Crippen molar-refractivity contribution in [2.24, 2.45) is 0 Å². The first-order valence-electron chi connectivity index (χ1n) is 10.9. The van der Waals surface area contributed by atoms with E-state index in [1.807, 2.05) is 0 Å². The second-order valence-electron chi connectivity index (χ2n) is 7.66. The van der Waals surface area contributed by atoms with Gasteiger partial charge in [-0.3, -0.25) is 9.78 Å². The minimum Gasteiger partial charge on any atom is -0.481 e. The highest BCUT2D eigenvalue weighted by Crippen LogP contribution is 2.33. The Balaban J connectivity index is 2.02. The van der Waals surface area contributed by atoms with Crippen LogP contribution >= 0.6 is 0 Å². The summed E-state index contributed by atoms with van der Waals surface area (Å²) in [4.78, 5) is 21.0. The monoisotopic (exact) mass is 500 g/mol. The van der Waals surface area contributed by atoms with E-state index < -0.39 is 23.6 Å². The predicted octanol–water partition coefficient (Wildman–Crippen LogP) is 6.49. The van der Waals surface area contributed by atoms with E-state index in [9.17, 15) is 22.4 Å². The first-order chi connectivity index (χ1) is 17.2. The molecule has 2 heterocycles. The van der Waals surface area contributed by atoms with Gasteiger partial charge in [-0.15, -0.1) is 13.2 Å². The fraction of sp³-hybridized carbons (Fsp3) is 0.192. The largest absolute Gasteiger partial charge is 0.481 e. The fourth-order valence-electron chi connectivity index (χ4n) is 3.38. The molecule has 0 fully saturated rings. The summed E-state index contributed by atoms with van der Waals surface area (Å²) < 4.78 is 59.1. The molecule has 0 aliphatic rings. The molecule has 188 valence electrons. The van der Waals surface area contributed by atoms with Crippen molar-refractivity contribution < 1.29 is 27.1 Å². The van der Waals surface area contributed by atoms with Crippen LogP contribution in [-0.4, -0.2) is 23.0 Å². The predicted molar refractivity (Wildman–Crippen MR) is 130 cm³/mol. The van der Waals surface area contributed by atoms with Gasteiger partial charge in [0.05, 0.1) is 29.7 Å². The van der Waals surface area contributed by atoms with Crippen LogP contribution < -0.4 is 15.4 Å². The smallest absolute Gasteiger partial charge is 0.433 e. The van der Waals surface area contributed by atoms with Crippen LogP contribution in [0.15, 0.2) is 67.9 Å². The van der Waals surface area contributed by atoms with Crippen LogP contribution in [-0.2, 0) is 19.0 Å². The number of hydrogen-bond acceptors (Lipinski definition) is 5. The lowest BCUT2D eigenvalue weighted by Crippen LogP contribution is -2.18. The van der Waals surface area contributed by atoms with Crippen LogP contribution in [0.4, 0.5) is 34.6 Å². The number of hydrogen-bond donors (Lipinski definition) is 2. The number of aryl methyl sites for hydroxylation is 1. The van der Waals surface area contributed by atoms with Gasteiger partial charge in [0.1, 0.15) is 11.5 Å². The third-order valence-electron chi connectivity index (χ3n) is 5.13. The van der Waals surface area contributed by atoms with Gasteiger partial charge in [-0.1, -0.05) is 12.2 Å². The number of pyridine rings is 2. The number of rotatable bonds is 10. The van der Waals surface area contributed by atoms with Gasteiger partial charge in [0, 0.05) is 18.0 Å². The number of nitrogens with zero attached hydrogens (tertiary/aromatic N) is 2. The molecule has 1 aromatic carbocycles. The molecular weight excluding hydrogens is 476 g/mol. The lowest BCUT2D eigenvalue weighted by molar-refractivity contribution is -0.141. The van der Waals surface area contributed by atoms with Crippen molar-refractivity contribution in [2.75, 3.05) is 17.7 Å². The van der Waals surface area contributed by atoms with Crippen molar-refractivity contribution in [3.05, 3.63) is 96.2 Å². The number of carbonyl (C=O) groups excluding carboxylic acids is 1. The number of aromatic nitrogens is 2. The normalized spacial score (nSPS) is 11.0. The SMILES string of the molecule is C=CCCc1nc(OC)ccc1NC(=O)c1cnc(C(F)(F)F)cc1Nc1ccc(F)cc1CC=C. The molecule has 0 radical (unpaired) electrons. The molecule has 3 rings (SSSR count). The Morgan fingerprint density at radius 2 is 1.83 bits per heavy atom. The first-order valence-corrected chi connectivity index (χ1v) is 10.9. The topological polar surface area (TPSA) is 76.1 Å². The zero-order valence-corrected chi connectivity index (χ0v) is 19.5. The minimum atomic E-state index is -4.74. The van der Waals surface area contributed by atoms with Gasteiger partial charge in [0.15, 0.2) is 0 Å². The molecule has 36 heavy (non-hydrogen) atoms. The minimum absolute atomic E-state index is 0.151. The number of ether oxygens (including phenoxy) is 1. The maximum Gasteiger partial charge on any atom is 0.433 e. The van der Waals surface area contributed by atoms with E-state index >= 15 is 0 Å². The van der Waals surface area contributed by atoms with Crippen molar-refractivity contribution >= 4 is 23.0 Å². The third-order valence-corrected chi connectivity index (χ3v) is 5.13. The summed E-state index contributed by atoms with van der Waals surface area (Å²) in [5.74, 6) is -0.880. The third kappa shape index (κ3) is 6.47. The molecule has 0 saturated carbocycles. The van der Waals surface area contributed by atoms with E-state index in [0.29, 0.717) is 41.4 Å². The second kappa shape index (κ2) is 11.5. The van der Waals surface area contributed by atoms with Gasteiger partial charge in [-0.05, 0) is 55.2 Å². The number of methoxy groups -OCH3 is 1. The summed E-state index contributed by atoms with van der Waals surface area (Å²) in [7, 11) is 1.46. The number of alkyl halides is 3. The number of anilines is 3. The second-order valence-corrected chi connectivity index (χ2v) is 7.66. The number of benzene rings is 1. The Morgan fingerprint density at radius 1 is 1.08 bits per heavy atom. The molecule has 0 spiro atoms. The first kappa shape index (κ1) is 26.4. The Bertz CT molecular complexity index is 1280. The van der Waals surface area contributed by atoms with Gasteiger partial charge < -0.3 is 15.4 Å². The van der Waals surface area contributed by atoms with Crippen molar-refractivity contribution in [1.82, 2.24) is 9.97 Å². The summed E-state index contributed by atoms with van der Waals surface area (Å²) in [6, 6.07) is 7.66. The number of halogens is 4. The maximum atomic E-state index is 13.8. The molecule has 2 aromatic heterocycles. The van der Waals surface area contributed by atoms with Gasteiger partial charge >= 0.3 is 6.18 Å². The molecule has 0 saturated heterocycles. The van der Waals surface area contributed by atoms with E-state index in [4.69, 9.17) is 4.74 Å². The van der Waals surface area contributed by atoms with Crippen LogP contribution in [0.1, 0.15) is 33.7 Å². The van der Waals surface area contributed by atoms with Crippen LogP contribution in [0.2, 0.25) is 0 Å². The molecule has 0 aliphatic heterocycles. The molecule has 0 unspecified atom stereocenters. The molecule has 2 N–H and O–H groups in total. The summed E-state index contributed by atoms with van der Waals surface area (Å²) in [5.41, 5.74) is 0.164. The fourth-order valence-corrected chi connectivity index (χ4v) is 3.38. The quantitative estimate of drug-likeness (QED) is 0.246. The highest BCUT2D eigenvalue weighted by Gasteiger charge is 2.33. The highest BCUT2D eigenvalue weighted by atomic mass is 19.4. The zero-order chi connectivity index (χ0) is 26.3. The standard InChI is InChI=1S/C26H24F4N4O2/c1-4-6-8-20-21(11-12-24(33-20)36-3)34-25(35)18-15-31-23(26(28,29)30)14-22(18)32-19-10-9-17(27)13-16(19)7-5-2/h4-5,9-15H,1-2,6-8H2,3H3,(H,31,32)(H,34,35). The molecule has 6 nitrogen and oxygen atoms in total. The van der Waals surface area contributed by atoms with Crippen molar-refractivity contribution in [2.45, 2.75) is 25.4 Å². The lowest BCUT2D eigenvalue weighted by atomic mass is 10.1. The Hall–Kier alpha value is -4.21. The van der Waals surface area contributed by atoms with Gasteiger partial charge in [0.2, 0.25) is 5.88 Å². The summed E-state index contributed by atoms with van der Waals surface area (Å²) in [6.07, 6.45) is 0.610. The van der Waals surface area contributed by atoms with Crippen molar-refractivity contribution in [1.29, 1.82) is 0 Å². The maximum absolute atomic E-state index is 13.8. The average Bonchev–Trinajstić information content (AvgIpc) is 2.84. The average molecular weight is 500 g/mol. The van der Waals surface area contributed by atoms with E-state index in [-0.39, 0.29) is 17.7 Å². The van der Waals surface area contributed by atoms with E-state index in [1.165, 1.54) is 25.3 Å². The van der Waals surface area contributed by atoms with E-state index in [2.05, 4.69) is 33.8 Å². The molecular formula is C26H24F4N4O2. The Labute approximate surface area is 205 Å². The van der Waals surface area contributed by atoms with Gasteiger partial charge in [-0.2, -0.15) is 13.2 Å². The number of amides is 1. The van der Waals surface area contributed by atoms with Crippen LogP contribution in [0.5, 0.6) is 5.88 Å². The van der Waals surface area contributed by atoms with E-state index in [0.717, 1.165) is 18.3 Å². The number of nitrogens with one attached hydrogen (secondary N) is 2. The number of carbonyl (C=O) groups is 1. The lowest BCUT2D eigenvalue weighted by Gasteiger charge is -2.17. The summed E-state index contributed by atoms with van der Waals surface area (Å²) >= 11 is 0. The molecule has 10 heteroatoms. The van der Waals surface area contributed by atoms with Crippen LogP contribution in [0.25, 0.3) is 0 Å². The molecule has 0 aliphatic carbocycles. The molecule has 0 atom stereocenters. The number of allylic oxidation sites excluding steroid dienone is 2. The Morgan fingerprint density at radius 3 is 2.50 bits per heavy atom. The van der Waals surface area contributed by atoms with Gasteiger partial charge in [0.25, 0.3) is 5.91 Å². The van der Waals surface area contributed by atoms with Gasteiger partial charge in [-0.25, -0.2) is 9.37 Å². The summed E-state index contributed by atoms with van der Waals surface area (Å²) in [5, 5.41) is 5.53. The molecule has 1 amide bonds. The van der Waals surface area contributed by atoms with Crippen molar-refractivity contribution in [3.8, 4) is 5.88 Å². The van der Waals surface area contributed by atoms with Crippen LogP contribution in [0.3, 0.4) is 0 Å². The van der Waals surface area contributed by atoms with Crippen molar-refractivity contribution in [3.63, 3.8) is 0 Å². The molecule has 0 bridgehead atoms. The summed E-state index contributed by atoms with van der Waals surface area (Å²) in [6.45, 7) is 7.30.